The molecule has 1 amide bonds. The van der Waals surface area contributed by atoms with E-state index >= 15 is 0 Å². The lowest BCUT2D eigenvalue weighted by molar-refractivity contribution is -0.384. The molecular weight excluding hydrogens is 358 g/mol. The van der Waals surface area contributed by atoms with Crippen LogP contribution in [0, 0.1) is 17.0 Å². The first kappa shape index (κ1) is 17.7. The number of hydrogen-bond acceptors (Lipinski definition) is 10. The van der Waals surface area contributed by atoms with Gasteiger partial charge in [0, 0.05) is 12.1 Å². The van der Waals surface area contributed by atoms with Gasteiger partial charge in [-0.1, -0.05) is 5.21 Å². The van der Waals surface area contributed by atoms with Crippen molar-refractivity contribution >= 4 is 23.1 Å². The quantitative estimate of drug-likeness (QED) is 0.369. The van der Waals surface area contributed by atoms with E-state index in [9.17, 15) is 14.9 Å². The first-order chi connectivity index (χ1) is 12.9. The third-order valence-electron chi connectivity index (χ3n) is 3.63. The highest BCUT2D eigenvalue weighted by Crippen LogP contribution is 2.15. The minimum atomic E-state index is -0.602. The van der Waals surface area contributed by atoms with Gasteiger partial charge in [0.15, 0.2) is 5.69 Å². The fourth-order valence-electron chi connectivity index (χ4n) is 2.15. The Morgan fingerprint density at radius 2 is 2.04 bits per heavy atom. The summed E-state index contributed by atoms with van der Waals surface area (Å²) in [5.41, 5.74) is 9.35. The third-order valence-corrected chi connectivity index (χ3v) is 3.63. The molecule has 0 aliphatic heterocycles. The zero-order valence-corrected chi connectivity index (χ0v) is 14.2. The minimum absolute atomic E-state index is 0.00185. The smallest absolute Gasteiger partial charge is 0.293 e. The molecule has 0 fully saturated rings. The number of carbonyl (C=O) groups is 1. The van der Waals surface area contributed by atoms with Crippen molar-refractivity contribution in [3.63, 3.8) is 0 Å². The van der Waals surface area contributed by atoms with Gasteiger partial charge >= 0.3 is 0 Å². The summed E-state index contributed by atoms with van der Waals surface area (Å²) in [5, 5.41) is 29.3. The second-order valence-corrected chi connectivity index (χ2v) is 5.35. The molecule has 0 spiro atoms. The van der Waals surface area contributed by atoms with Crippen molar-refractivity contribution in [3.8, 4) is 5.82 Å². The summed E-state index contributed by atoms with van der Waals surface area (Å²) in [5.74, 6) is -0.485. The van der Waals surface area contributed by atoms with Gasteiger partial charge in [-0.3, -0.25) is 14.9 Å². The van der Waals surface area contributed by atoms with Crippen LogP contribution in [0.5, 0.6) is 0 Å². The van der Waals surface area contributed by atoms with Crippen LogP contribution < -0.4 is 11.2 Å². The second kappa shape index (κ2) is 6.99. The number of anilines is 1. The lowest BCUT2D eigenvalue weighted by atomic mass is 10.1. The summed E-state index contributed by atoms with van der Waals surface area (Å²) < 4.78 is 5.71. The van der Waals surface area contributed by atoms with E-state index < -0.39 is 10.8 Å². The molecule has 0 aliphatic carbocycles. The molecule has 0 aliphatic rings. The number of nitro groups is 1. The van der Waals surface area contributed by atoms with Gasteiger partial charge in [-0.2, -0.15) is 9.78 Å². The number of hydrogen-bond donors (Lipinski definition) is 2. The number of aromatic nitrogens is 5. The largest absolute Gasteiger partial charge is 0.378 e. The lowest BCUT2D eigenvalue weighted by Crippen LogP contribution is -2.21. The summed E-state index contributed by atoms with van der Waals surface area (Å²) in [6.45, 7) is 3.24. The fourth-order valence-corrected chi connectivity index (χ4v) is 2.15. The van der Waals surface area contributed by atoms with Crippen molar-refractivity contribution in [2.24, 2.45) is 5.10 Å². The van der Waals surface area contributed by atoms with Crippen LogP contribution in [-0.2, 0) is 0 Å². The van der Waals surface area contributed by atoms with Crippen molar-refractivity contribution in [2.45, 2.75) is 13.8 Å². The fraction of sp³-hybridized carbons (Fsp3) is 0.143. The van der Waals surface area contributed by atoms with E-state index in [-0.39, 0.29) is 23.0 Å². The maximum Gasteiger partial charge on any atom is 0.293 e. The molecule has 0 atom stereocenters. The van der Waals surface area contributed by atoms with Crippen molar-refractivity contribution in [3.05, 3.63) is 51.3 Å². The number of hydrazone groups is 1. The van der Waals surface area contributed by atoms with Crippen molar-refractivity contribution < 1.29 is 14.3 Å². The van der Waals surface area contributed by atoms with E-state index in [1.165, 1.54) is 28.9 Å². The number of nitro benzene ring substituents is 1. The summed E-state index contributed by atoms with van der Waals surface area (Å²) in [6, 6.07) is 5.76. The van der Waals surface area contributed by atoms with Crippen molar-refractivity contribution in [1.29, 1.82) is 0 Å². The zero-order chi connectivity index (χ0) is 19.6. The Balaban J connectivity index is 1.76. The molecular formula is C14H13N9O4. The molecule has 3 N–H and O–H groups in total. The second-order valence-electron chi connectivity index (χ2n) is 5.35. The monoisotopic (exact) mass is 371 g/mol. The zero-order valence-electron chi connectivity index (χ0n) is 14.2. The SMILES string of the molecule is C/C(=N\NC(=O)c1nnn(-c2nonc2N)c1C)c1ccc([N+](=O)[O-])cc1. The molecule has 0 saturated carbocycles. The molecule has 3 rings (SSSR count). The normalized spacial score (nSPS) is 11.4. The van der Waals surface area contributed by atoms with Crippen LogP contribution >= 0.6 is 0 Å². The summed E-state index contributed by atoms with van der Waals surface area (Å²) in [6.07, 6.45) is 0. The summed E-state index contributed by atoms with van der Waals surface area (Å²) in [7, 11) is 0. The summed E-state index contributed by atoms with van der Waals surface area (Å²) >= 11 is 0. The van der Waals surface area contributed by atoms with E-state index in [2.05, 4.69) is 35.8 Å². The average Bonchev–Trinajstić information content (AvgIpc) is 3.24. The van der Waals surface area contributed by atoms with Crippen LogP contribution in [-0.4, -0.2) is 41.8 Å². The highest BCUT2D eigenvalue weighted by atomic mass is 16.6. The van der Waals surface area contributed by atoms with E-state index in [1.54, 1.807) is 13.8 Å². The Morgan fingerprint density at radius 3 is 2.63 bits per heavy atom. The molecule has 27 heavy (non-hydrogen) atoms. The number of nitrogens with one attached hydrogen (secondary N) is 1. The number of amides is 1. The molecule has 2 aromatic heterocycles. The van der Waals surface area contributed by atoms with Gasteiger partial charge in [0.05, 0.1) is 16.3 Å². The van der Waals surface area contributed by atoms with Gasteiger partial charge in [-0.25, -0.2) is 10.1 Å². The molecule has 3 aromatic rings. The van der Waals surface area contributed by atoms with Crippen molar-refractivity contribution in [1.82, 2.24) is 30.7 Å². The van der Waals surface area contributed by atoms with E-state index in [4.69, 9.17) is 5.73 Å². The predicted octanol–water partition coefficient (Wildman–Crippen LogP) is 0.603. The third kappa shape index (κ3) is 3.46. The number of nitrogen functional groups attached to an aromatic ring is 1. The maximum absolute atomic E-state index is 12.3. The van der Waals surface area contributed by atoms with Crippen LogP contribution in [0.4, 0.5) is 11.5 Å². The van der Waals surface area contributed by atoms with Gasteiger partial charge in [-0.05, 0) is 41.9 Å². The van der Waals surface area contributed by atoms with Crippen LogP contribution in [0.15, 0.2) is 34.0 Å². The predicted molar refractivity (Wildman–Crippen MR) is 91.1 cm³/mol. The molecule has 0 saturated heterocycles. The highest BCUT2D eigenvalue weighted by Gasteiger charge is 2.20. The van der Waals surface area contributed by atoms with E-state index in [0.717, 1.165) is 0 Å². The van der Waals surface area contributed by atoms with Crippen LogP contribution in [0.2, 0.25) is 0 Å². The van der Waals surface area contributed by atoms with E-state index in [1.807, 2.05) is 0 Å². The molecule has 13 heteroatoms. The topological polar surface area (TPSA) is 180 Å². The molecule has 13 nitrogen and oxygen atoms in total. The first-order valence-corrected chi connectivity index (χ1v) is 7.48. The molecule has 2 heterocycles. The first-order valence-electron chi connectivity index (χ1n) is 7.48. The number of carbonyl (C=O) groups excluding carboxylic acids is 1. The van der Waals surface area contributed by atoms with Gasteiger partial charge in [-0.15, -0.1) is 5.10 Å². The van der Waals surface area contributed by atoms with Crippen LogP contribution in [0.1, 0.15) is 28.7 Å². The summed E-state index contributed by atoms with van der Waals surface area (Å²) in [4.78, 5) is 22.5. The molecule has 0 radical (unpaired) electrons. The van der Waals surface area contributed by atoms with E-state index in [0.29, 0.717) is 17.0 Å². The standard InChI is InChI=1S/C14H13N9O4/c1-7(9-3-5-10(6-4-9)23(25)26)16-18-14(24)11-8(2)22(21-17-11)13-12(15)19-27-20-13/h3-6H,1-2H3,(H2,15,19)(H,18,24)/b16-7+. The van der Waals surface area contributed by atoms with Gasteiger partial charge in [0.25, 0.3) is 11.6 Å². The van der Waals surface area contributed by atoms with Crippen LogP contribution in [0.25, 0.3) is 5.82 Å². The average molecular weight is 371 g/mol. The van der Waals surface area contributed by atoms with Gasteiger partial charge < -0.3 is 5.73 Å². The van der Waals surface area contributed by atoms with Gasteiger partial charge in [0.2, 0.25) is 11.6 Å². The maximum atomic E-state index is 12.3. The Morgan fingerprint density at radius 1 is 1.33 bits per heavy atom. The number of rotatable bonds is 5. The molecule has 138 valence electrons. The number of non-ortho nitro benzene ring substituents is 1. The lowest BCUT2D eigenvalue weighted by Gasteiger charge is -2.02. The molecule has 0 bridgehead atoms. The number of nitrogens with two attached hydrogens (primary N) is 1. The Bertz CT molecular complexity index is 1040. The molecule has 0 unspecified atom stereocenters. The Labute approximate surface area is 151 Å². The Hall–Kier alpha value is -4.16. The van der Waals surface area contributed by atoms with Gasteiger partial charge in [0.1, 0.15) is 0 Å². The van der Waals surface area contributed by atoms with Crippen molar-refractivity contribution in [2.75, 3.05) is 5.73 Å². The molecule has 1 aromatic carbocycles. The Kier molecular flexibility index (Phi) is 4.57. The number of nitrogens with zero attached hydrogens (tertiary/aromatic N) is 7. The van der Waals surface area contributed by atoms with Crippen LogP contribution in [0.3, 0.4) is 0 Å². The number of benzene rings is 1. The minimum Gasteiger partial charge on any atom is -0.378 e. The highest BCUT2D eigenvalue weighted by molar-refractivity contribution is 6.00.